The van der Waals surface area contributed by atoms with Crippen molar-refractivity contribution in [3.8, 4) is 0 Å². The fourth-order valence-corrected chi connectivity index (χ4v) is 3.29. The monoisotopic (exact) mass is 525 g/mol. The highest BCUT2D eigenvalue weighted by Gasteiger charge is 2.21. The Labute approximate surface area is 215 Å². The number of nitrogen functional groups attached to an aromatic ring is 1. The first-order valence-corrected chi connectivity index (χ1v) is 11.5. The smallest absolute Gasteiger partial charge is 0.326 e. The molecule has 0 saturated carbocycles. The number of H-pyrrole nitrogens is 1. The highest BCUT2D eigenvalue weighted by atomic mass is 16.4. The average molecular weight is 526 g/mol. The van der Waals surface area contributed by atoms with Gasteiger partial charge in [-0.3, -0.25) is 24.2 Å². The Morgan fingerprint density at radius 1 is 1.08 bits per heavy atom. The van der Waals surface area contributed by atoms with Crippen LogP contribution in [0.1, 0.15) is 35.8 Å². The van der Waals surface area contributed by atoms with E-state index < -0.39 is 29.4 Å². The van der Waals surface area contributed by atoms with Crippen molar-refractivity contribution in [1.82, 2.24) is 35.9 Å². The van der Waals surface area contributed by atoms with Crippen LogP contribution >= 0.6 is 0 Å². The number of fused-ring (bicyclic) bond motifs is 1. The fraction of sp³-hybridized carbons (Fsp3) is 0.304. The van der Waals surface area contributed by atoms with E-state index in [0.717, 1.165) is 0 Å². The molecule has 0 saturated heterocycles. The van der Waals surface area contributed by atoms with E-state index in [1.807, 2.05) is 0 Å². The highest BCUT2D eigenvalue weighted by Crippen LogP contribution is 2.12. The van der Waals surface area contributed by atoms with Crippen molar-refractivity contribution in [3.05, 3.63) is 52.1 Å². The quantitative estimate of drug-likeness (QED) is 0.143. The molecule has 200 valence electrons. The molecule has 38 heavy (non-hydrogen) atoms. The van der Waals surface area contributed by atoms with Crippen LogP contribution in [0.25, 0.3) is 11.2 Å². The second-order valence-electron chi connectivity index (χ2n) is 8.15. The van der Waals surface area contributed by atoms with E-state index in [1.165, 1.54) is 25.3 Å². The molecule has 3 rings (SSSR count). The number of carbonyl (C=O) groups is 4. The molecule has 1 atom stereocenters. The second kappa shape index (κ2) is 12.8. The number of amides is 3. The number of nitrogens with two attached hydrogens (primary N) is 1. The molecule has 0 spiro atoms. The average Bonchev–Trinajstić information content (AvgIpc) is 2.87. The van der Waals surface area contributed by atoms with Gasteiger partial charge in [-0.1, -0.05) is 0 Å². The lowest BCUT2D eigenvalue weighted by molar-refractivity contribution is -0.139. The standard InChI is InChI=1S/C23H27N9O6/c1-12(33)25-8-9-26-17(34)7-6-16(22(37)38)30-20(35)13-2-4-14(5-3-13)27-10-15-11-28-19-18(29-15)21(36)32-23(24)31-19/h2-5,11,16,27H,6-10H2,1H3,(H,25,33)(H,26,34)(H,30,35)(H,37,38)(H3,24,28,31,32,36). The zero-order chi connectivity index (χ0) is 27.7. The van der Waals surface area contributed by atoms with Crippen molar-refractivity contribution in [2.75, 3.05) is 24.1 Å². The van der Waals surface area contributed by atoms with Crippen LogP contribution in [0, 0.1) is 0 Å². The largest absolute Gasteiger partial charge is 0.480 e. The number of carboxylic acids is 1. The van der Waals surface area contributed by atoms with E-state index >= 15 is 0 Å². The molecule has 2 aromatic heterocycles. The van der Waals surface area contributed by atoms with Gasteiger partial charge in [-0.25, -0.2) is 14.8 Å². The fourth-order valence-electron chi connectivity index (χ4n) is 3.29. The summed E-state index contributed by atoms with van der Waals surface area (Å²) in [7, 11) is 0. The zero-order valence-corrected chi connectivity index (χ0v) is 20.4. The lowest BCUT2D eigenvalue weighted by Crippen LogP contribution is -2.42. The minimum Gasteiger partial charge on any atom is -0.480 e. The van der Waals surface area contributed by atoms with Gasteiger partial charge in [0.1, 0.15) is 6.04 Å². The molecular weight excluding hydrogens is 498 g/mol. The number of nitrogens with one attached hydrogen (secondary N) is 5. The molecule has 0 fully saturated rings. The van der Waals surface area contributed by atoms with Gasteiger partial charge in [-0.2, -0.15) is 4.98 Å². The van der Waals surface area contributed by atoms with Gasteiger partial charge in [-0.15, -0.1) is 0 Å². The summed E-state index contributed by atoms with van der Waals surface area (Å²) in [6, 6.07) is 5.00. The molecule has 8 N–H and O–H groups in total. The van der Waals surface area contributed by atoms with Gasteiger partial charge in [0.15, 0.2) is 11.2 Å². The molecule has 3 aromatic rings. The van der Waals surface area contributed by atoms with Crippen LogP contribution in [-0.2, 0) is 20.9 Å². The number of carboxylic acid groups (broad SMARTS) is 1. The Hall–Kier alpha value is -5.08. The number of aliphatic carboxylic acids is 1. The molecule has 3 amide bonds. The summed E-state index contributed by atoms with van der Waals surface area (Å²) >= 11 is 0. The zero-order valence-electron chi connectivity index (χ0n) is 20.4. The number of anilines is 2. The second-order valence-corrected chi connectivity index (χ2v) is 8.15. The lowest BCUT2D eigenvalue weighted by Gasteiger charge is -2.15. The summed E-state index contributed by atoms with van der Waals surface area (Å²) in [4.78, 5) is 73.4. The molecular formula is C23H27N9O6. The molecule has 1 unspecified atom stereocenters. The number of hydrogen-bond donors (Lipinski definition) is 7. The minimum absolute atomic E-state index is 0.0535. The predicted molar refractivity (Wildman–Crippen MR) is 136 cm³/mol. The third-order valence-corrected chi connectivity index (χ3v) is 5.19. The summed E-state index contributed by atoms with van der Waals surface area (Å²) in [5.74, 6) is -2.55. The van der Waals surface area contributed by atoms with E-state index in [-0.39, 0.29) is 61.1 Å². The highest BCUT2D eigenvalue weighted by molar-refractivity contribution is 5.97. The number of aromatic amines is 1. The summed E-state index contributed by atoms with van der Waals surface area (Å²) in [6.45, 7) is 2.05. The summed E-state index contributed by atoms with van der Waals surface area (Å²) in [5, 5.41) is 20.0. The van der Waals surface area contributed by atoms with Crippen molar-refractivity contribution in [2.45, 2.75) is 32.4 Å². The molecule has 15 heteroatoms. The van der Waals surface area contributed by atoms with E-state index in [9.17, 15) is 29.1 Å². The van der Waals surface area contributed by atoms with E-state index in [1.54, 1.807) is 12.1 Å². The van der Waals surface area contributed by atoms with Gasteiger partial charge < -0.3 is 32.1 Å². The molecule has 2 heterocycles. The summed E-state index contributed by atoms with van der Waals surface area (Å²) in [5.41, 5.74) is 6.52. The summed E-state index contributed by atoms with van der Waals surface area (Å²) in [6.07, 6.45) is 1.23. The molecule has 1 aromatic carbocycles. The van der Waals surface area contributed by atoms with Crippen LogP contribution in [0.2, 0.25) is 0 Å². The number of aromatic nitrogens is 4. The van der Waals surface area contributed by atoms with Crippen LogP contribution in [0.4, 0.5) is 11.6 Å². The van der Waals surface area contributed by atoms with Gasteiger partial charge in [0, 0.05) is 37.7 Å². The van der Waals surface area contributed by atoms with Crippen LogP contribution in [0.15, 0.2) is 35.3 Å². The Morgan fingerprint density at radius 2 is 1.79 bits per heavy atom. The Kier molecular flexibility index (Phi) is 9.23. The minimum atomic E-state index is -1.27. The van der Waals surface area contributed by atoms with Gasteiger partial charge in [0.25, 0.3) is 11.5 Å². The Bertz CT molecular complexity index is 1390. The van der Waals surface area contributed by atoms with Crippen molar-refractivity contribution in [3.63, 3.8) is 0 Å². The van der Waals surface area contributed by atoms with Crippen molar-refractivity contribution >= 4 is 46.5 Å². The van der Waals surface area contributed by atoms with Crippen LogP contribution in [0.5, 0.6) is 0 Å². The topological polar surface area (TPSA) is 234 Å². The Morgan fingerprint density at radius 3 is 2.47 bits per heavy atom. The molecule has 0 radical (unpaired) electrons. The van der Waals surface area contributed by atoms with Crippen LogP contribution in [0.3, 0.4) is 0 Å². The molecule has 15 nitrogen and oxygen atoms in total. The third kappa shape index (κ3) is 7.97. The summed E-state index contributed by atoms with van der Waals surface area (Å²) < 4.78 is 0. The first-order valence-electron chi connectivity index (χ1n) is 11.5. The van der Waals surface area contributed by atoms with Crippen molar-refractivity contribution < 1.29 is 24.3 Å². The van der Waals surface area contributed by atoms with Gasteiger partial charge >= 0.3 is 5.97 Å². The molecule has 0 aliphatic carbocycles. The van der Waals surface area contributed by atoms with E-state index in [4.69, 9.17) is 5.73 Å². The van der Waals surface area contributed by atoms with Gasteiger partial charge in [0.05, 0.1) is 18.4 Å². The number of carbonyl (C=O) groups excluding carboxylic acids is 3. The number of hydrogen-bond acceptors (Lipinski definition) is 10. The maximum absolute atomic E-state index is 12.5. The van der Waals surface area contributed by atoms with Crippen molar-refractivity contribution in [1.29, 1.82) is 0 Å². The first kappa shape index (κ1) is 27.5. The number of rotatable bonds is 12. The normalized spacial score (nSPS) is 11.4. The maximum Gasteiger partial charge on any atom is 0.326 e. The number of nitrogens with zero attached hydrogens (tertiary/aromatic N) is 3. The predicted octanol–water partition coefficient (Wildman–Crippen LogP) is -0.877. The SMILES string of the molecule is CC(=O)NCCNC(=O)CCC(NC(=O)c1ccc(NCc2cnc3nc(N)[nH]c(=O)c3n2)cc1)C(=O)O. The van der Waals surface area contributed by atoms with E-state index in [0.29, 0.717) is 11.4 Å². The molecule has 0 bridgehead atoms. The van der Waals surface area contributed by atoms with Gasteiger partial charge in [0.2, 0.25) is 17.8 Å². The van der Waals surface area contributed by atoms with E-state index in [2.05, 4.69) is 41.2 Å². The third-order valence-electron chi connectivity index (χ3n) is 5.19. The number of benzene rings is 1. The first-order chi connectivity index (χ1) is 18.1. The lowest BCUT2D eigenvalue weighted by atomic mass is 10.1. The Balaban J connectivity index is 1.51. The van der Waals surface area contributed by atoms with Gasteiger partial charge in [-0.05, 0) is 30.7 Å². The van der Waals surface area contributed by atoms with Crippen LogP contribution in [-0.4, -0.2) is 67.9 Å². The molecule has 0 aliphatic heterocycles. The molecule has 0 aliphatic rings. The maximum atomic E-state index is 12.5. The van der Waals surface area contributed by atoms with Crippen molar-refractivity contribution in [2.24, 2.45) is 0 Å². The van der Waals surface area contributed by atoms with Crippen LogP contribution < -0.4 is 32.6 Å².